The Balaban J connectivity index is 0.000000414. The van der Waals surface area contributed by atoms with Crippen LogP contribution in [0.2, 0.25) is 0 Å². The van der Waals surface area contributed by atoms with E-state index in [0.29, 0.717) is 9.50 Å². The van der Waals surface area contributed by atoms with Crippen LogP contribution in [-0.2, 0) is 38.2 Å². The summed E-state index contributed by atoms with van der Waals surface area (Å²) in [6, 6.07) is 2.56. The Morgan fingerprint density at radius 2 is 0.895 bits per heavy atom. The van der Waals surface area contributed by atoms with Gasteiger partial charge in [-0.3, -0.25) is 4.98 Å². The summed E-state index contributed by atoms with van der Waals surface area (Å²) >= 11 is 3.13. The van der Waals surface area contributed by atoms with E-state index in [2.05, 4.69) is 35.9 Å². The minimum Gasteiger partial charge on any atom is -0.443 e. The number of halogens is 6. The summed E-state index contributed by atoms with van der Waals surface area (Å²) in [6.45, 7) is 18.6. The number of pyridine rings is 2. The van der Waals surface area contributed by atoms with Gasteiger partial charge in [0.15, 0.2) is 0 Å². The molecule has 3 aromatic rings. The Morgan fingerprint density at radius 3 is 1.23 bits per heavy atom. The van der Waals surface area contributed by atoms with Crippen molar-refractivity contribution in [2.45, 2.75) is 125 Å². The van der Waals surface area contributed by atoms with E-state index in [1.807, 2.05) is 0 Å². The van der Waals surface area contributed by atoms with Crippen molar-refractivity contribution in [1.29, 1.82) is 0 Å². The molecule has 0 unspecified atom stereocenters. The zero-order valence-corrected chi connectivity index (χ0v) is 35.2. The highest BCUT2D eigenvalue weighted by atomic mass is 79.9. The molecule has 0 atom stereocenters. The number of imide groups is 2. The number of hydrogen-bond donors (Lipinski definition) is 0. The van der Waals surface area contributed by atoms with Gasteiger partial charge in [-0.05, 0) is 111 Å². The summed E-state index contributed by atoms with van der Waals surface area (Å²) in [7, 11) is 0. The smallest absolute Gasteiger partial charge is 0.443 e. The molecule has 0 spiro atoms. The topological polar surface area (TPSA) is 163 Å². The first kappa shape index (κ1) is 48.1. The maximum Gasteiger partial charge on any atom is 0.451 e. The third-order valence-electron chi connectivity index (χ3n) is 6.15. The maximum absolute atomic E-state index is 14.5. The Morgan fingerprint density at radius 1 is 0.561 bits per heavy atom. The second-order valence-corrected chi connectivity index (χ2v) is 17.0. The van der Waals surface area contributed by atoms with Gasteiger partial charge < -0.3 is 18.9 Å². The summed E-state index contributed by atoms with van der Waals surface area (Å²) in [4.78, 5) is 65.3. The van der Waals surface area contributed by atoms with Gasteiger partial charge in [-0.15, -0.1) is 0 Å². The van der Waals surface area contributed by atoms with Crippen molar-refractivity contribution in [2.75, 3.05) is 0 Å². The lowest BCUT2D eigenvalue weighted by atomic mass is 10.1. The number of alkyl halides is 3. The molecule has 3 heterocycles. The van der Waals surface area contributed by atoms with E-state index >= 15 is 0 Å². The molecule has 0 aliphatic rings. The standard InChI is InChI=1S/C21H24F4N4O4.C16H22BrFN2O4/c1-19(2,3)32-17(30)29(18(31)33-20(4,5)6)11-12-7-15(26-10-14(12)22)13-8-27-16(28-9-13)21(23,24)25;1-15(2,3)23-13(21)20(14(22)24-16(4,5)6)9-10-7-12(17)19-8-11(10)18/h7-10H,11H2,1-6H3;7-8H,9H2,1-6H3. The molecule has 3 aromatic heterocycles. The zero-order chi connectivity index (χ0) is 43.9. The van der Waals surface area contributed by atoms with E-state index in [9.17, 15) is 41.1 Å². The molecule has 0 saturated heterocycles. The van der Waals surface area contributed by atoms with Crippen molar-refractivity contribution in [3.63, 3.8) is 0 Å². The van der Waals surface area contributed by atoms with Crippen molar-refractivity contribution >= 4 is 40.3 Å². The molecule has 57 heavy (non-hydrogen) atoms. The van der Waals surface area contributed by atoms with Crippen LogP contribution >= 0.6 is 15.9 Å². The lowest BCUT2D eigenvalue weighted by Crippen LogP contribution is -2.43. The predicted octanol–water partition coefficient (Wildman–Crippen LogP) is 10.0. The largest absolute Gasteiger partial charge is 0.451 e. The van der Waals surface area contributed by atoms with Gasteiger partial charge in [-0.2, -0.15) is 13.2 Å². The SMILES string of the molecule is CC(C)(C)OC(=O)N(Cc1cc(-c2cnc(C(F)(F)F)nc2)ncc1F)C(=O)OC(C)(C)C.CC(C)(C)OC(=O)N(Cc1cc(Br)ncc1F)C(=O)OC(C)(C)C. The van der Waals surface area contributed by atoms with Crippen molar-refractivity contribution in [2.24, 2.45) is 0 Å². The molecule has 0 saturated carbocycles. The van der Waals surface area contributed by atoms with Crippen LogP contribution in [0.5, 0.6) is 0 Å². The summed E-state index contributed by atoms with van der Waals surface area (Å²) < 4.78 is 87.7. The number of aromatic nitrogens is 4. The Kier molecular flexibility index (Phi) is 15.6. The first-order valence-electron chi connectivity index (χ1n) is 17.1. The van der Waals surface area contributed by atoms with Crippen molar-refractivity contribution in [3.05, 3.63) is 70.1 Å². The van der Waals surface area contributed by atoms with E-state index in [4.69, 9.17) is 18.9 Å². The van der Waals surface area contributed by atoms with Gasteiger partial charge in [-0.25, -0.2) is 52.7 Å². The van der Waals surface area contributed by atoms with Crippen molar-refractivity contribution < 1.29 is 60.1 Å². The number of carbonyl (C=O) groups is 4. The zero-order valence-electron chi connectivity index (χ0n) is 33.6. The fourth-order valence-corrected chi connectivity index (χ4v) is 4.33. The minimum atomic E-state index is -4.72. The lowest BCUT2D eigenvalue weighted by Gasteiger charge is -2.28. The van der Waals surface area contributed by atoms with E-state index in [1.165, 1.54) is 12.1 Å². The van der Waals surface area contributed by atoms with Gasteiger partial charge >= 0.3 is 30.5 Å². The van der Waals surface area contributed by atoms with Crippen LogP contribution in [0.1, 0.15) is 100 Å². The molecule has 0 aliphatic carbocycles. The Bertz CT molecular complexity index is 1850. The first-order valence-corrected chi connectivity index (χ1v) is 17.8. The van der Waals surface area contributed by atoms with Gasteiger partial charge in [-0.1, -0.05) is 0 Å². The number of ether oxygens (including phenoxy) is 4. The average Bonchev–Trinajstić information content (AvgIpc) is 3.01. The lowest BCUT2D eigenvalue weighted by molar-refractivity contribution is -0.145. The third kappa shape index (κ3) is 16.9. The summed E-state index contributed by atoms with van der Waals surface area (Å²) in [5, 5.41) is 0. The van der Waals surface area contributed by atoms with Gasteiger partial charge in [0.25, 0.3) is 0 Å². The van der Waals surface area contributed by atoms with Crippen LogP contribution in [0.4, 0.5) is 41.1 Å². The van der Waals surface area contributed by atoms with Crippen LogP contribution in [0.15, 0.2) is 41.5 Å². The molecule has 0 fully saturated rings. The predicted molar refractivity (Wildman–Crippen MR) is 198 cm³/mol. The number of hydrogen-bond acceptors (Lipinski definition) is 12. The molecular formula is C37H46BrF5N6O8. The summed E-state index contributed by atoms with van der Waals surface area (Å²) in [5.41, 5.74) is -3.46. The molecule has 0 bridgehead atoms. The normalized spacial score (nSPS) is 12.1. The van der Waals surface area contributed by atoms with Crippen LogP contribution in [0.3, 0.4) is 0 Å². The highest BCUT2D eigenvalue weighted by molar-refractivity contribution is 9.10. The molecule has 20 heteroatoms. The van der Waals surface area contributed by atoms with Gasteiger partial charge in [0.05, 0.1) is 31.2 Å². The first-order chi connectivity index (χ1) is 25.7. The van der Waals surface area contributed by atoms with Crippen LogP contribution in [0, 0.1) is 11.6 Å². The van der Waals surface area contributed by atoms with E-state index in [-0.39, 0.29) is 28.9 Å². The van der Waals surface area contributed by atoms with Crippen molar-refractivity contribution in [3.8, 4) is 11.3 Å². The number of nitrogens with zero attached hydrogens (tertiary/aromatic N) is 6. The van der Waals surface area contributed by atoms with Crippen LogP contribution in [0.25, 0.3) is 11.3 Å². The molecule has 4 amide bonds. The molecule has 0 aromatic carbocycles. The number of carbonyl (C=O) groups excluding carboxylic acids is 4. The van der Waals surface area contributed by atoms with Gasteiger partial charge in [0, 0.05) is 29.1 Å². The second-order valence-electron chi connectivity index (χ2n) is 16.1. The third-order valence-corrected chi connectivity index (χ3v) is 6.58. The second kappa shape index (κ2) is 18.5. The maximum atomic E-state index is 14.5. The molecule has 3 rings (SSSR count). The number of amides is 4. The minimum absolute atomic E-state index is 0.0356. The van der Waals surface area contributed by atoms with E-state index in [1.54, 1.807) is 83.1 Å². The van der Waals surface area contributed by atoms with E-state index in [0.717, 1.165) is 29.7 Å². The monoisotopic (exact) mass is 876 g/mol. The summed E-state index contributed by atoms with van der Waals surface area (Å²) in [6.07, 6.45) is -5.08. The Labute approximate surface area is 335 Å². The highest BCUT2D eigenvalue weighted by Crippen LogP contribution is 2.28. The van der Waals surface area contributed by atoms with Crippen LogP contribution < -0.4 is 0 Å². The molecule has 0 aliphatic heterocycles. The molecule has 14 nitrogen and oxygen atoms in total. The average molecular weight is 878 g/mol. The molecule has 314 valence electrons. The highest BCUT2D eigenvalue weighted by Gasteiger charge is 2.35. The van der Waals surface area contributed by atoms with Crippen LogP contribution in [-0.4, -0.2) is 76.5 Å². The Hall–Kier alpha value is -5.01. The quantitative estimate of drug-likeness (QED) is 0.136. The molecule has 0 radical (unpaired) electrons. The fraction of sp³-hybridized carbons (Fsp3) is 0.514. The van der Waals surface area contributed by atoms with Crippen molar-refractivity contribution in [1.82, 2.24) is 29.7 Å². The summed E-state index contributed by atoms with van der Waals surface area (Å²) in [5.74, 6) is -2.84. The van der Waals surface area contributed by atoms with Gasteiger partial charge in [0.2, 0.25) is 5.82 Å². The molecular weight excluding hydrogens is 831 g/mol. The number of rotatable bonds is 5. The van der Waals surface area contributed by atoms with Gasteiger partial charge in [0.1, 0.15) is 38.6 Å². The van der Waals surface area contributed by atoms with E-state index < -0.39 is 77.0 Å². The molecule has 0 N–H and O–H groups in total. The fourth-order valence-electron chi connectivity index (χ4n) is 3.95.